The third-order valence-corrected chi connectivity index (χ3v) is 6.44. The number of piperidine rings is 1. The van der Waals surface area contributed by atoms with Crippen molar-refractivity contribution in [3.8, 4) is 0 Å². The summed E-state index contributed by atoms with van der Waals surface area (Å²) < 4.78 is 25.4. The Morgan fingerprint density at radius 3 is 2.58 bits per heavy atom. The number of carbonyl (C=O) groups is 1. The summed E-state index contributed by atoms with van der Waals surface area (Å²) in [6.45, 7) is 3.07. The van der Waals surface area contributed by atoms with Gasteiger partial charge in [0.1, 0.15) is 0 Å². The average Bonchev–Trinajstić information content (AvgIpc) is 2.87. The van der Waals surface area contributed by atoms with E-state index in [1.165, 1.54) is 6.26 Å². The largest absolute Gasteiger partial charge is 0.299 e. The molecule has 5 nitrogen and oxygen atoms in total. The number of carbonyl (C=O) groups excluding carboxylic acids is 1. The summed E-state index contributed by atoms with van der Waals surface area (Å²) in [5, 5.41) is 0. The molecule has 3 heterocycles. The van der Waals surface area contributed by atoms with Crippen molar-refractivity contribution in [1.29, 1.82) is 0 Å². The molecule has 1 aromatic carbocycles. The van der Waals surface area contributed by atoms with E-state index < -0.39 is 10.0 Å². The minimum Gasteiger partial charge on any atom is -0.299 e. The van der Waals surface area contributed by atoms with Crippen molar-refractivity contribution >= 4 is 15.8 Å². The summed E-state index contributed by atoms with van der Waals surface area (Å²) >= 11 is 0. The number of rotatable bonds is 6. The summed E-state index contributed by atoms with van der Waals surface area (Å²) in [4.78, 5) is 14.6. The van der Waals surface area contributed by atoms with Crippen LogP contribution in [0.2, 0.25) is 0 Å². The molecule has 0 saturated carbocycles. The van der Waals surface area contributed by atoms with Crippen LogP contribution in [0, 0.1) is 5.92 Å². The van der Waals surface area contributed by atoms with Gasteiger partial charge in [-0.25, -0.2) is 12.7 Å². The van der Waals surface area contributed by atoms with Crippen molar-refractivity contribution in [1.82, 2.24) is 9.21 Å². The van der Waals surface area contributed by atoms with Crippen LogP contribution in [0.25, 0.3) is 0 Å². The second-order valence-electron chi connectivity index (χ2n) is 7.06. The van der Waals surface area contributed by atoms with Crippen LogP contribution in [-0.4, -0.2) is 61.9 Å². The van der Waals surface area contributed by atoms with E-state index in [2.05, 4.69) is 4.90 Å². The van der Waals surface area contributed by atoms with Crippen LogP contribution in [0.4, 0.5) is 0 Å². The summed E-state index contributed by atoms with van der Waals surface area (Å²) in [5.74, 6) is 0.608. The lowest BCUT2D eigenvalue weighted by Crippen LogP contribution is -2.44. The van der Waals surface area contributed by atoms with E-state index in [0.717, 1.165) is 37.9 Å². The van der Waals surface area contributed by atoms with Gasteiger partial charge in [-0.05, 0) is 31.7 Å². The van der Waals surface area contributed by atoms with E-state index in [1.54, 1.807) is 4.31 Å². The number of nitrogens with zero attached hydrogens (tertiary/aromatic N) is 2. The number of benzene rings is 1. The molecule has 2 atom stereocenters. The van der Waals surface area contributed by atoms with E-state index >= 15 is 0 Å². The lowest BCUT2D eigenvalue weighted by molar-refractivity contribution is 0.0955. The Kier molecular flexibility index (Phi) is 5.37. The van der Waals surface area contributed by atoms with Crippen molar-refractivity contribution in [3.05, 3.63) is 35.9 Å². The van der Waals surface area contributed by atoms with Crippen LogP contribution in [0.1, 0.15) is 36.0 Å². The first-order valence-electron chi connectivity index (χ1n) is 8.71. The molecule has 0 amide bonds. The summed E-state index contributed by atoms with van der Waals surface area (Å²) in [5.41, 5.74) is 0.776. The van der Waals surface area contributed by atoms with Gasteiger partial charge in [-0.3, -0.25) is 9.69 Å². The van der Waals surface area contributed by atoms with Gasteiger partial charge in [-0.15, -0.1) is 0 Å². The molecule has 0 N–H and O–H groups in total. The number of hydrogen-bond donors (Lipinski definition) is 0. The van der Waals surface area contributed by atoms with Gasteiger partial charge in [0.2, 0.25) is 10.0 Å². The number of sulfonamides is 1. The topological polar surface area (TPSA) is 57.7 Å². The van der Waals surface area contributed by atoms with Crippen LogP contribution in [0.15, 0.2) is 30.3 Å². The first-order chi connectivity index (χ1) is 11.4. The Hall–Kier alpha value is -1.24. The molecule has 132 valence electrons. The molecule has 1 aromatic rings. The summed E-state index contributed by atoms with van der Waals surface area (Å²) in [7, 11) is -3.12. The number of Topliss-reactive ketones (excluding diaryl/α,β-unsaturated/α-hetero) is 1. The fourth-order valence-corrected chi connectivity index (χ4v) is 4.82. The van der Waals surface area contributed by atoms with Crippen molar-refractivity contribution in [2.45, 2.75) is 31.7 Å². The molecule has 4 rings (SSSR count). The molecule has 0 aliphatic carbocycles. The summed E-state index contributed by atoms with van der Waals surface area (Å²) in [6.07, 6.45) is 4.85. The van der Waals surface area contributed by atoms with Gasteiger partial charge >= 0.3 is 0 Å². The highest BCUT2D eigenvalue weighted by atomic mass is 32.2. The third-order valence-electron chi connectivity index (χ3n) is 5.21. The lowest BCUT2D eigenvalue weighted by Gasteiger charge is -2.36. The van der Waals surface area contributed by atoms with Gasteiger partial charge in [0.15, 0.2) is 5.78 Å². The Balaban J connectivity index is 1.54. The zero-order valence-corrected chi connectivity index (χ0v) is 15.0. The average molecular weight is 350 g/mol. The maximum Gasteiger partial charge on any atom is 0.211 e. The van der Waals surface area contributed by atoms with Crippen molar-refractivity contribution in [2.24, 2.45) is 5.92 Å². The van der Waals surface area contributed by atoms with Crippen molar-refractivity contribution in [3.63, 3.8) is 0 Å². The van der Waals surface area contributed by atoms with Gasteiger partial charge in [0.05, 0.1) is 6.26 Å². The van der Waals surface area contributed by atoms with E-state index in [0.29, 0.717) is 31.5 Å². The highest BCUT2D eigenvalue weighted by Gasteiger charge is 2.37. The molecule has 6 heteroatoms. The second-order valence-corrected chi connectivity index (χ2v) is 9.05. The quantitative estimate of drug-likeness (QED) is 0.737. The molecule has 24 heavy (non-hydrogen) atoms. The van der Waals surface area contributed by atoms with Crippen molar-refractivity contribution in [2.75, 3.05) is 32.4 Å². The minimum absolute atomic E-state index is 0.188. The normalized spacial score (nSPS) is 25.5. The Morgan fingerprint density at radius 2 is 1.88 bits per heavy atom. The van der Waals surface area contributed by atoms with Crippen molar-refractivity contribution < 1.29 is 13.2 Å². The van der Waals surface area contributed by atoms with Gasteiger partial charge < -0.3 is 0 Å². The standard InChI is InChI=1S/C18H26N2O3S/c1-24(22,23)20-13-15-9-10-17(14-20)19(12-15)11-5-8-18(21)16-6-3-2-4-7-16/h2-4,6-7,15,17H,5,8-14H2,1H3/t15-,17-/m0/s1. The van der Waals surface area contributed by atoms with E-state index in [4.69, 9.17) is 0 Å². The maximum absolute atomic E-state index is 12.2. The fraction of sp³-hybridized carbons (Fsp3) is 0.611. The Morgan fingerprint density at radius 1 is 1.12 bits per heavy atom. The Labute approximate surface area is 144 Å². The van der Waals surface area contributed by atoms with E-state index in [1.807, 2.05) is 30.3 Å². The number of ketones is 1. The van der Waals surface area contributed by atoms with Crippen LogP contribution >= 0.6 is 0 Å². The maximum atomic E-state index is 12.2. The van der Waals surface area contributed by atoms with Crippen LogP contribution < -0.4 is 0 Å². The van der Waals surface area contributed by atoms with Gasteiger partial charge in [-0.1, -0.05) is 30.3 Å². The van der Waals surface area contributed by atoms with Crippen LogP contribution in [-0.2, 0) is 10.0 Å². The lowest BCUT2D eigenvalue weighted by atomic mass is 9.94. The third kappa shape index (κ3) is 4.23. The molecule has 3 saturated heterocycles. The second kappa shape index (κ2) is 7.33. The molecule has 3 aliphatic rings. The predicted octanol–water partition coefficient (Wildman–Crippen LogP) is 2.01. The zero-order valence-electron chi connectivity index (χ0n) is 14.2. The zero-order chi connectivity index (χ0) is 17.2. The molecule has 3 fully saturated rings. The van der Waals surface area contributed by atoms with Gasteiger partial charge in [0.25, 0.3) is 0 Å². The first kappa shape index (κ1) is 17.6. The van der Waals surface area contributed by atoms with E-state index in [9.17, 15) is 13.2 Å². The van der Waals surface area contributed by atoms with Gasteiger partial charge in [0, 0.05) is 37.7 Å². The molecule has 0 radical (unpaired) electrons. The molecule has 2 bridgehead atoms. The first-order valence-corrected chi connectivity index (χ1v) is 10.6. The van der Waals surface area contributed by atoms with Crippen LogP contribution in [0.3, 0.4) is 0 Å². The monoisotopic (exact) mass is 350 g/mol. The minimum atomic E-state index is -3.12. The molecule has 0 spiro atoms. The molecular weight excluding hydrogens is 324 g/mol. The summed E-state index contributed by atoms with van der Waals surface area (Å²) in [6, 6.07) is 9.71. The molecule has 3 aliphatic heterocycles. The number of hydrogen-bond acceptors (Lipinski definition) is 4. The highest BCUT2D eigenvalue weighted by molar-refractivity contribution is 7.88. The van der Waals surface area contributed by atoms with Crippen LogP contribution in [0.5, 0.6) is 0 Å². The van der Waals surface area contributed by atoms with Gasteiger partial charge in [-0.2, -0.15) is 0 Å². The molecule has 0 aromatic heterocycles. The van der Waals surface area contributed by atoms with E-state index in [-0.39, 0.29) is 5.78 Å². The number of fused-ring (bicyclic) bond motifs is 4. The Bertz CT molecular complexity index is 675. The smallest absolute Gasteiger partial charge is 0.211 e. The SMILES string of the molecule is CS(=O)(=O)N1C[C@H]2CC[C@@H](C1)N(CCCC(=O)c1ccccc1)C2. The fourth-order valence-electron chi connectivity index (χ4n) is 3.89. The predicted molar refractivity (Wildman–Crippen MR) is 94.5 cm³/mol. The highest BCUT2D eigenvalue weighted by Crippen LogP contribution is 2.29. The molecular formula is C18H26N2O3S. The molecule has 0 unspecified atom stereocenters.